The van der Waals surface area contributed by atoms with Crippen LogP contribution in [-0.2, 0) is 21.8 Å². The standard InChI is InChI=1S/C19H20N4O3S2/c1-12(24)20-18-21-13(10-27-18)11-28-19-22-16-7-3-2-6-15(16)17(25)23(19)9-14-5-4-8-26-14/h2-3,6-7,10,14H,4-5,8-9,11H2,1H3,(H,20,21,24)/t14-/m0/s1. The summed E-state index contributed by atoms with van der Waals surface area (Å²) in [5.74, 6) is 0.419. The van der Waals surface area contributed by atoms with E-state index in [1.165, 1.54) is 30.0 Å². The molecule has 1 atom stereocenters. The van der Waals surface area contributed by atoms with E-state index in [0.29, 0.717) is 33.5 Å². The van der Waals surface area contributed by atoms with Crippen LogP contribution in [0.2, 0.25) is 0 Å². The average Bonchev–Trinajstić information content (AvgIpc) is 3.34. The van der Waals surface area contributed by atoms with Crippen LogP contribution in [-0.4, -0.2) is 33.2 Å². The number of aromatic nitrogens is 3. The lowest BCUT2D eigenvalue weighted by atomic mass is 10.2. The Kier molecular flexibility index (Phi) is 5.74. The second-order valence-corrected chi connectivity index (χ2v) is 8.38. The summed E-state index contributed by atoms with van der Waals surface area (Å²) in [6, 6.07) is 7.40. The van der Waals surface area contributed by atoms with Crippen molar-refractivity contribution < 1.29 is 9.53 Å². The number of anilines is 1. The first-order valence-corrected chi connectivity index (χ1v) is 10.9. The fraction of sp³-hybridized carbons (Fsp3) is 0.368. The number of nitrogens with one attached hydrogen (secondary N) is 1. The zero-order chi connectivity index (χ0) is 19.5. The van der Waals surface area contributed by atoms with Crippen LogP contribution in [0.1, 0.15) is 25.5 Å². The predicted octanol–water partition coefficient (Wildman–Crippen LogP) is 3.28. The lowest BCUT2D eigenvalue weighted by molar-refractivity contribution is -0.114. The van der Waals surface area contributed by atoms with Crippen LogP contribution in [0.25, 0.3) is 10.9 Å². The number of amides is 1. The zero-order valence-electron chi connectivity index (χ0n) is 15.4. The third-order valence-electron chi connectivity index (χ3n) is 4.42. The Morgan fingerprint density at radius 1 is 1.39 bits per heavy atom. The van der Waals surface area contributed by atoms with E-state index in [1.54, 1.807) is 4.57 Å². The first-order valence-electron chi connectivity index (χ1n) is 9.06. The Balaban J connectivity index is 1.61. The summed E-state index contributed by atoms with van der Waals surface area (Å²) in [6.45, 7) is 2.71. The fourth-order valence-electron chi connectivity index (χ4n) is 3.13. The second-order valence-electron chi connectivity index (χ2n) is 6.58. The topological polar surface area (TPSA) is 86.1 Å². The maximum absolute atomic E-state index is 13.1. The van der Waals surface area contributed by atoms with Crippen molar-refractivity contribution in [2.45, 2.75) is 43.3 Å². The molecule has 0 aliphatic carbocycles. The van der Waals surface area contributed by atoms with Crippen molar-refractivity contribution >= 4 is 45.0 Å². The van der Waals surface area contributed by atoms with Crippen LogP contribution in [0.15, 0.2) is 39.6 Å². The van der Waals surface area contributed by atoms with Crippen molar-refractivity contribution in [1.29, 1.82) is 0 Å². The fourth-order valence-corrected chi connectivity index (χ4v) is 4.89. The quantitative estimate of drug-likeness (QED) is 0.490. The van der Waals surface area contributed by atoms with E-state index in [2.05, 4.69) is 10.3 Å². The Bertz CT molecular complexity index is 1060. The predicted molar refractivity (Wildman–Crippen MR) is 111 cm³/mol. The van der Waals surface area contributed by atoms with Crippen LogP contribution in [0.5, 0.6) is 0 Å². The van der Waals surface area contributed by atoms with Crippen molar-refractivity contribution in [3.05, 3.63) is 45.7 Å². The second kappa shape index (κ2) is 8.42. The number of fused-ring (bicyclic) bond motifs is 1. The molecule has 1 aliphatic rings. The largest absolute Gasteiger partial charge is 0.376 e. The summed E-state index contributed by atoms with van der Waals surface area (Å²) < 4.78 is 7.46. The highest BCUT2D eigenvalue weighted by atomic mass is 32.2. The normalized spacial score (nSPS) is 16.5. The highest BCUT2D eigenvalue weighted by molar-refractivity contribution is 7.98. The molecule has 1 N–H and O–H groups in total. The molecule has 9 heteroatoms. The summed E-state index contributed by atoms with van der Waals surface area (Å²) >= 11 is 2.86. The molecule has 3 aromatic rings. The molecule has 1 amide bonds. The number of ether oxygens (including phenoxy) is 1. The molecule has 1 aromatic carbocycles. The molecule has 146 valence electrons. The number of rotatable bonds is 6. The summed E-state index contributed by atoms with van der Waals surface area (Å²) in [5.41, 5.74) is 1.49. The van der Waals surface area contributed by atoms with Crippen molar-refractivity contribution in [2.24, 2.45) is 0 Å². The molecule has 0 unspecified atom stereocenters. The average molecular weight is 417 g/mol. The van der Waals surface area contributed by atoms with Gasteiger partial charge in [-0.15, -0.1) is 11.3 Å². The lowest BCUT2D eigenvalue weighted by Crippen LogP contribution is -2.28. The molecule has 1 aliphatic heterocycles. The van der Waals surface area contributed by atoms with Crippen LogP contribution in [0.4, 0.5) is 5.13 Å². The summed E-state index contributed by atoms with van der Waals surface area (Å²) in [6.07, 6.45) is 2.02. The van der Waals surface area contributed by atoms with E-state index in [4.69, 9.17) is 9.72 Å². The molecule has 1 fully saturated rings. The van der Waals surface area contributed by atoms with Crippen LogP contribution >= 0.6 is 23.1 Å². The third-order valence-corrected chi connectivity index (χ3v) is 6.24. The Hall–Kier alpha value is -2.23. The SMILES string of the molecule is CC(=O)Nc1nc(CSc2nc3ccccc3c(=O)n2C[C@@H]2CCCO2)cs1. The molecular formula is C19H20N4O3S2. The number of nitrogens with zero attached hydrogens (tertiary/aromatic N) is 3. The maximum atomic E-state index is 13.1. The van der Waals surface area contributed by atoms with Gasteiger partial charge in [0.15, 0.2) is 10.3 Å². The molecule has 0 saturated carbocycles. The number of hydrogen-bond donors (Lipinski definition) is 1. The van der Waals surface area contributed by atoms with Crippen LogP contribution in [0.3, 0.4) is 0 Å². The van der Waals surface area contributed by atoms with Gasteiger partial charge in [-0.3, -0.25) is 14.2 Å². The highest BCUT2D eigenvalue weighted by Crippen LogP contribution is 2.26. The van der Waals surface area contributed by atoms with Gasteiger partial charge in [-0.2, -0.15) is 0 Å². The van der Waals surface area contributed by atoms with E-state index >= 15 is 0 Å². The van der Waals surface area contributed by atoms with E-state index in [0.717, 1.165) is 25.1 Å². The Labute approximate surface area is 170 Å². The number of benzene rings is 1. The third kappa shape index (κ3) is 4.26. The summed E-state index contributed by atoms with van der Waals surface area (Å²) in [4.78, 5) is 33.4. The molecule has 2 aromatic heterocycles. The highest BCUT2D eigenvalue weighted by Gasteiger charge is 2.20. The molecule has 7 nitrogen and oxygen atoms in total. The van der Waals surface area contributed by atoms with Gasteiger partial charge in [0.05, 0.1) is 29.2 Å². The minimum atomic E-state index is -0.143. The lowest BCUT2D eigenvalue weighted by Gasteiger charge is -2.16. The van der Waals surface area contributed by atoms with Crippen molar-refractivity contribution in [3.63, 3.8) is 0 Å². The van der Waals surface area contributed by atoms with Crippen molar-refractivity contribution in [2.75, 3.05) is 11.9 Å². The molecule has 4 rings (SSSR count). The first-order chi connectivity index (χ1) is 13.6. The maximum Gasteiger partial charge on any atom is 0.262 e. The van der Waals surface area contributed by atoms with Crippen LogP contribution < -0.4 is 10.9 Å². The van der Waals surface area contributed by atoms with Gasteiger partial charge in [0, 0.05) is 24.7 Å². The number of carbonyl (C=O) groups excluding carboxylic acids is 1. The zero-order valence-corrected chi connectivity index (χ0v) is 17.0. The molecular weight excluding hydrogens is 396 g/mol. The number of thiazole rings is 1. The molecule has 0 radical (unpaired) electrons. The van der Waals surface area contributed by atoms with E-state index in [-0.39, 0.29) is 17.6 Å². The first kappa shape index (κ1) is 19.1. The smallest absolute Gasteiger partial charge is 0.262 e. The summed E-state index contributed by atoms with van der Waals surface area (Å²) in [7, 11) is 0. The van der Waals surface area contributed by atoms with Gasteiger partial charge in [0.1, 0.15) is 0 Å². The van der Waals surface area contributed by atoms with Crippen LogP contribution in [0, 0.1) is 0 Å². The van der Waals surface area contributed by atoms with E-state index in [9.17, 15) is 9.59 Å². The van der Waals surface area contributed by atoms with E-state index in [1.807, 2.05) is 29.6 Å². The minimum Gasteiger partial charge on any atom is -0.376 e. The minimum absolute atomic E-state index is 0.0409. The van der Waals surface area contributed by atoms with Gasteiger partial charge in [0.2, 0.25) is 5.91 Å². The Morgan fingerprint density at radius 3 is 3.04 bits per heavy atom. The molecule has 0 spiro atoms. The number of thioether (sulfide) groups is 1. The van der Waals surface area contributed by atoms with Gasteiger partial charge >= 0.3 is 0 Å². The Morgan fingerprint density at radius 2 is 2.25 bits per heavy atom. The number of carbonyl (C=O) groups is 1. The molecule has 0 bridgehead atoms. The van der Waals surface area contributed by atoms with Crippen molar-refractivity contribution in [3.8, 4) is 0 Å². The number of para-hydroxylation sites is 1. The molecule has 3 heterocycles. The van der Waals surface area contributed by atoms with Gasteiger partial charge in [-0.05, 0) is 25.0 Å². The van der Waals surface area contributed by atoms with Gasteiger partial charge in [-0.25, -0.2) is 9.97 Å². The molecule has 28 heavy (non-hydrogen) atoms. The van der Waals surface area contributed by atoms with Gasteiger partial charge < -0.3 is 10.1 Å². The van der Waals surface area contributed by atoms with Crippen molar-refractivity contribution in [1.82, 2.24) is 14.5 Å². The van der Waals surface area contributed by atoms with Gasteiger partial charge in [0.25, 0.3) is 5.56 Å². The summed E-state index contributed by atoms with van der Waals surface area (Å²) in [5, 5.41) is 6.45. The van der Waals surface area contributed by atoms with Gasteiger partial charge in [-0.1, -0.05) is 23.9 Å². The monoisotopic (exact) mass is 416 g/mol. The van der Waals surface area contributed by atoms with E-state index < -0.39 is 0 Å². The molecule has 1 saturated heterocycles. The number of hydrogen-bond acceptors (Lipinski definition) is 7.